The van der Waals surface area contributed by atoms with E-state index in [1.807, 2.05) is 59.2 Å². The first kappa shape index (κ1) is 35.0. The summed E-state index contributed by atoms with van der Waals surface area (Å²) in [6.07, 6.45) is -3.93. The molecule has 0 radical (unpaired) electrons. The number of alkyl halides is 6. The molecule has 244 valence electrons. The number of aromatic nitrogens is 2. The number of nitrogens with one attached hydrogen (secondary N) is 1. The maximum atomic E-state index is 13.4. The summed E-state index contributed by atoms with van der Waals surface area (Å²) < 4.78 is 65.3. The predicted octanol–water partition coefficient (Wildman–Crippen LogP) is 4.47. The fourth-order valence-corrected chi connectivity index (χ4v) is 4.98. The second-order valence-corrected chi connectivity index (χ2v) is 10.2. The third-order valence-electron chi connectivity index (χ3n) is 7.02. The number of nitrogens with zero attached hydrogens (tertiary/aromatic N) is 4. The van der Waals surface area contributed by atoms with Crippen molar-refractivity contribution in [1.29, 1.82) is 0 Å². The van der Waals surface area contributed by atoms with Crippen LogP contribution in [0.1, 0.15) is 34.3 Å². The van der Waals surface area contributed by atoms with E-state index in [2.05, 4.69) is 39.7 Å². The minimum absolute atomic E-state index is 0.0908. The van der Waals surface area contributed by atoms with Crippen molar-refractivity contribution in [1.82, 2.24) is 20.0 Å². The second kappa shape index (κ2) is 15.0. The number of hydrogen-bond acceptors (Lipinski definition) is 6. The molecule has 0 saturated carbocycles. The molecule has 3 aromatic rings. The normalized spacial score (nSPS) is 17.9. The Balaban J connectivity index is 0.000000331. The molecule has 2 atom stereocenters. The zero-order chi connectivity index (χ0) is 33.4. The van der Waals surface area contributed by atoms with Crippen LogP contribution in [-0.2, 0) is 29.7 Å². The van der Waals surface area contributed by atoms with Crippen LogP contribution in [0.2, 0.25) is 0 Å². The molecule has 1 aromatic heterocycles. The number of benzene rings is 2. The van der Waals surface area contributed by atoms with Gasteiger partial charge in [0.25, 0.3) is 5.91 Å². The zero-order valence-electron chi connectivity index (χ0n) is 23.9. The van der Waals surface area contributed by atoms with Crippen molar-refractivity contribution >= 4 is 23.5 Å². The molecule has 2 unspecified atom stereocenters. The van der Waals surface area contributed by atoms with Crippen LogP contribution in [0.3, 0.4) is 0 Å². The van der Waals surface area contributed by atoms with Crippen molar-refractivity contribution in [3.05, 3.63) is 83.7 Å². The Morgan fingerprint density at radius 2 is 1.49 bits per heavy atom. The van der Waals surface area contributed by atoms with Crippen molar-refractivity contribution in [3.8, 4) is 0 Å². The van der Waals surface area contributed by atoms with Crippen molar-refractivity contribution in [2.45, 2.75) is 50.4 Å². The number of rotatable bonds is 5. The zero-order valence-corrected chi connectivity index (χ0v) is 23.9. The van der Waals surface area contributed by atoms with Crippen molar-refractivity contribution < 1.29 is 50.9 Å². The van der Waals surface area contributed by atoms with Crippen LogP contribution in [-0.4, -0.2) is 80.3 Å². The van der Waals surface area contributed by atoms with Gasteiger partial charge in [0.1, 0.15) is 0 Å². The maximum Gasteiger partial charge on any atom is 0.490 e. The Labute approximate surface area is 253 Å². The van der Waals surface area contributed by atoms with Gasteiger partial charge in [-0.25, -0.2) is 9.59 Å². The van der Waals surface area contributed by atoms with E-state index in [0.717, 1.165) is 50.3 Å². The summed E-state index contributed by atoms with van der Waals surface area (Å²) in [6.45, 7) is 3.40. The van der Waals surface area contributed by atoms with Crippen LogP contribution in [0.4, 0.5) is 32.0 Å². The van der Waals surface area contributed by atoms with Gasteiger partial charge in [-0.1, -0.05) is 36.4 Å². The third-order valence-corrected chi connectivity index (χ3v) is 7.02. The largest absolute Gasteiger partial charge is 0.490 e. The highest BCUT2D eigenvalue weighted by atomic mass is 19.4. The highest BCUT2D eigenvalue weighted by molar-refractivity contribution is 6.06. The lowest BCUT2D eigenvalue weighted by molar-refractivity contribution is -0.193. The summed E-state index contributed by atoms with van der Waals surface area (Å²) >= 11 is 0. The summed E-state index contributed by atoms with van der Waals surface area (Å²) in [5.41, 5.74) is 4.23. The second-order valence-electron chi connectivity index (χ2n) is 10.2. The number of carbonyl (C=O) groups is 3. The Morgan fingerprint density at radius 1 is 0.911 bits per heavy atom. The summed E-state index contributed by atoms with van der Waals surface area (Å²) in [7, 11) is 1.95. The lowest BCUT2D eigenvalue weighted by Gasteiger charge is -2.30. The van der Waals surface area contributed by atoms with Crippen molar-refractivity contribution in [2.75, 3.05) is 18.0 Å². The van der Waals surface area contributed by atoms with Crippen LogP contribution < -0.4 is 10.2 Å². The summed E-state index contributed by atoms with van der Waals surface area (Å²) in [5, 5.41) is 22.1. The molecule has 1 fully saturated rings. The van der Waals surface area contributed by atoms with Gasteiger partial charge in [0.15, 0.2) is 0 Å². The number of hydrogen-bond donors (Lipinski definition) is 3. The van der Waals surface area contributed by atoms with Gasteiger partial charge in [0.2, 0.25) is 0 Å². The lowest BCUT2D eigenvalue weighted by atomic mass is 10.1. The number of para-hydroxylation sites is 1. The molecular formula is C29H31F6N5O5. The number of carboxylic acids is 2. The number of carbonyl (C=O) groups excluding carboxylic acids is 1. The average Bonchev–Trinajstić information content (AvgIpc) is 3.52. The van der Waals surface area contributed by atoms with Gasteiger partial charge in [-0.05, 0) is 36.6 Å². The molecule has 1 amide bonds. The molecule has 0 bridgehead atoms. The van der Waals surface area contributed by atoms with Gasteiger partial charge in [0, 0.05) is 68.3 Å². The van der Waals surface area contributed by atoms with Crippen LogP contribution in [0.25, 0.3) is 0 Å². The number of fused-ring (bicyclic) bond motifs is 2. The van der Waals surface area contributed by atoms with Crippen LogP contribution in [0, 0.1) is 0 Å². The SMILES string of the molecule is Cn1cc(CNCC2CCC3CN(C(=O)c4ccccc4)c4ccccc4CN23)cn1.O=C(O)C(F)(F)F.O=C(O)C(F)(F)F. The first-order valence-corrected chi connectivity index (χ1v) is 13.6. The lowest BCUT2D eigenvalue weighted by Crippen LogP contribution is -2.45. The number of amides is 1. The molecule has 3 N–H and O–H groups in total. The van der Waals surface area contributed by atoms with E-state index < -0.39 is 24.3 Å². The predicted molar refractivity (Wildman–Crippen MR) is 149 cm³/mol. The quantitative estimate of drug-likeness (QED) is 0.348. The third kappa shape index (κ3) is 10.0. The molecule has 0 aliphatic carbocycles. The van der Waals surface area contributed by atoms with Gasteiger partial charge in [0.05, 0.1) is 6.20 Å². The molecule has 16 heteroatoms. The fraction of sp³-hybridized carbons (Fsp3) is 0.379. The molecular weight excluding hydrogens is 612 g/mol. The molecule has 1 saturated heterocycles. The van der Waals surface area contributed by atoms with Gasteiger partial charge in [-0.2, -0.15) is 31.4 Å². The molecule has 45 heavy (non-hydrogen) atoms. The summed E-state index contributed by atoms with van der Waals surface area (Å²) in [5.74, 6) is -5.42. The monoisotopic (exact) mass is 643 g/mol. The smallest absolute Gasteiger partial charge is 0.475 e. The number of aliphatic carboxylic acids is 2. The molecule has 2 aromatic carbocycles. The van der Waals surface area contributed by atoms with E-state index in [1.165, 1.54) is 11.1 Å². The first-order chi connectivity index (χ1) is 21.1. The van der Waals surface area contributed by atoms with E-state index in [0.29, 0.717) is 12.1 Å². The maximum absolute atomic E-state index is 13.4. The molecule has 5 rings (SSSR count). The molecule has 2 aliphatic heterocycles. The Bertz CT molecular complexity index is 1420. The molecule has 10 nitrogen and oxygen atoms in total. The topological polar surface area (TPSA) is 128 Å². The van der Waals surface area contributed by atoms with E-state index >= 15 is 0 Å². The number of halogens is 6. The Morgan fingerprint density at radius 3 is 2.04 bits per heavy atom. The minimum Gasteiger partial charge on any atom is -0.475 e. The van der Waals surface area contributed by atoms with Crippen molar-refractivity contribution in [2.24, 2.45) is 7.05 Å². The van der Waals surface area contributed by atoms with Crippen LogP contribution >= 0.6 is 0 Å². The average molecular weight is 644 g/mol. The van der Waals surface area contributed by atoms with Crippen molar-refractivity contribution in [3.63, 3.8) is 0 Å². The first-order valence-electron chi connectivity index (χ1n) is 13.6. The van der Waals surface area contributed by atoms with E-state index in [9.17, 15) is 31.1 Å². The van der Waals surface area contributed by atoms with E-state index in [-0.39, 0.29) is 5.91 Å². The molecule has 0 spiro atoms. The molecule has 2 aliphatic rings. The van der Waals surface area contributed by atoms with Gasteiger partial charge in [-0.15, -0.1) is 0 Å². The summed E-state index contributed by atoms with van der Waals surface area (Å²) in [4.78, 5) is 35.8. The Kier molecular flexibility index (Phi) is 11.7. The molecule has 3 heterocycles. The minimum atomic E-state index is -5.08. The van der Waals surface area contributed by atoms with Gasteiger partial charge >= 0.3 is 24.3 Å². The highest BCUT2D eigenvalue weighted by Crippen LogP contribution is 2.35. The van der Waals surface area contributed by atoms with E-state index in [4.69, 9.17) is 19.8 Å². The fourth-order valence-electron chi connectivity index (χ4n) is 4.98. The number of aryl methyl sites for hydroxylation is 1. The van der Waals surface area contributed by atoms with Gasteiger partial charge < -0.3 is 20.4 Å². The van der Waals surface area contributed by atoms with Crippen LogP contribution in [0.15, 0.2) is 67.0 Å². The van der Waals surface area contributed by atoms with E-state index in [1.54, 1.807) is 0 Å². The Hall–Kier alpha value is -4.44. The van der Waals surface area contributed by atoms with Crippen LogP contribution in [0.5, 0.6) is 0 Å². The number of carboxylic acid groups (broad SMARTS) is 2. The highest BCUT2D eigenvalue weighted by Gasteiger charge is 2.40. The standard InChI is InChI=1S/C25H29N5O.2C2HF3O2/c1-28-16-19(14-27-28)13-26-15-22-11-12-23-18-30(25(31)20-7-3-2-4-8-20)24-10-6-5-9-21(24)17-29(22)23;2*3-2(4,5)1(6)7/h2-10,14,16,22-23,26H,11-13,15,17-18H2,1H3;2*(H,6,7). The van der Waals surface area contributed by atoms with Gasteiger partial charge in [-0.3, -0.25) is 14.4 Å². The number of anilines is 1. The summed E-state index contributed by atoms with van der Waals surface area (Å²) in [6, 6.07) is 18.9.